The summed E-state index contributed by atoms with van der Waals surface area (Å²) in [7, 11) is 1.66. The zero-order valence-electron chi connectivity index (χ0n) is 29.2. The van der Waals surface area contributed by atoms with Crippen LogP contribution in [0.3, 0.4) is 0 Å². The quantitative estimate of drug-likeness (QED) is 0.121. The van der Waals surface area contributed by atoms with E-state index in [4.69, 9.17) is 14.2 Å². The number of anilines is 1. The molecule has 11 nitrogen and oxygen atoms in total. The molecular formula is C37H47N3O8. The monoisotopic (exact) mass is 661 g/mol. The van der Waals surface area contributed by atoms with Crippen molar-refractivity contribution >= 4 is 17.5 Å². The number of amides is 2. The Bertz CT molecular complexity index is 1640. The molecule has 48 heavy (non-hydrogen) atoms. The molecule has 0 aromatic heterocycles. The lowest BCUT2D eigenvalue weighted by atomic mass is 9.85. The third-order valence-electron chi connectivity index (χ3n) is 8.58. The minimum absolute atomic E-state index is 0.0168. The van der Waals surface area contributed by atoms with Crippen molar-refractivity contribution in [2.45, 2.75) is 91.3 Å². The fraction of sp³-hybridized carbons (Fsp3) is 0.459. The molecule has 1 heterocycles. The highest BCUT2D eigenvalue weighted by Crippen LogP contribution is 2.45. The van der Waals surface area contributed by atoms with Crippen molar-refractivity contribution in [1.29, 1.82) is 0 Å². The Balaban J connectivity index is 1.75. The van der Waals surface area contributed by atoms with Crippen molar-refractivity contribution in [3.63, 3.8) is 0 Å². The average molecular weight is 662 g/mol. The number of unbranched alkanes of at least 4 members (excludes halogenated alkanes) is 1. The Morgan fingerprint density at radius 1 is 1.02 bits per heavy atom. The first-order valence-electron chi connectivity index (χ1n) is 16.2. The van der Waals surface area contributed by atoms with Gasteiger partial charge in [0.05, 0.1) is 20.3 Å². The van der Waals surface area contributed by atoms with Crippen LogP contribution in [0.2, 0.25) is 0 Å². The lowest BCUT2D eigenvalue weighted by Crippen LogP contribution is -2.57. The van der Waals surface area contributed by atoms with Gasteiger partial charge in [0.2, 0.25) is 5.91 Å². The van der Waals surface area contributed by atoms with Crippen LogP contribution in [0, 0.1) is 30.9 Å². The zero-order chi connectivity index (χ0) is 35.2. The second kappa shape index (κ2) is 15.0. The summed E-state index contributed by atoms with van der Waals surface area (Å²) in [5, 5.41) is 12.7. The van der Waals surface area contributed by atoms with E-state index in [0.717, 1.165) is 28.0 Å². The molecule has 0 bridgehead atoms. The molecule has 0 spiro atoms. The maximum Gasteiger partial charge on any atom is 0.294 e. The van der Waals surface area contributed by atoms with Crippen molar-refractivity contribution in [2.24, 2.45) is 0 Å². The Labute approximate surface area is 282 Å². The van der Waals surface area contributed by atoms with Gasteiger partial charge in [0.25, 0.3) is 11.0 Å². The first-order chi connectivity index (χ1) is 22.7. The molecular weight excluding hydrogens is 614 g/mol. The van der Waals surface area contributed by atoms with E-state index in [1.807, 2.05) is 71.9 Å². The molecule has 1 aliphatic heterocycles. The summed E-state index contributed by atoms with van der Waals surface area (Å²) in [6, 6.07) is 15.2. The molecule has 3 aromatic carbocycles. The van der Waals surface area contributed by atoms with E-state index in [1.54, 1.807) is 43.2 Å². The van der Waals surface area contributed by atoms with Gasteiger partial charge < -0.3 is 24.4 Å². The lowest BCUT2D eigenvalue weighted by Gasteiger charge is -2.42. The second-order valence-corrected chi connectivity index (χ2v) is 13.4. The Morgan fingerprint density at radius 2 is 1.71 bits per heavy atom. The number of fused-ring (bicyclic) bond motifs is 1. The highest BCUT2D eigenvalue weighted by molar-refractivity contribution is 6.05. The summed E-state index contributed by atoms with van der Waals surface area (Å²) in [6.45, 7) is 13.7. The number of hydrogen-bond donors (Lipinski definition) is 1. The zero-order valence-corrected chi connectivity index (χ0v) is 29.2. The summed E-state index contributed by atoms with van der Waals surface area (Å²) < 4.78 is 18.4. The van der Waals surface area contributed by atoms with Crippen molar-refractivity contribution in [1.82, 2.24) is 5.32 Å². The average Bonchev–Trinajstić information content (AvgIpc) is 3.03. The maximum absolute atomic E-state index is 15.0. The van der Waals surface area contributed by atoms with E-state index in [0.29, 0.717) is 55.0 Å². The Hall–Kier alpha value is -4.80. The van der Waals surface area contributed by atoms with Crippen LogP contribution in [-0.4, -0.2) is 48.4 Å². The van der Waals surface area contributed by atoms with E-state index in [1.165, 1.54) is 0 Å². The molecule has 11 heteroatoms. The molecule has 258 valence electrons. The molecule has 2 atom stereocenters. The number of nitrogens with zero attached hydrogens (tertiary/aromatic N) is 2. The van der Waals surface area contributed by atoms with Crippen LogP contribution in [0.15, 0.2) is 54.6 Å². The largest absolute Gasteiger partial charge is 0.496 e. The number of hydrogen-bond acceptors (Lipinski definition) is 8. The molecule has 2 unspecified atom stereocenters. The highest BCUT2D eigenvalue weighted by atomic mass is 16.9. The number of para-hydroxylation sites is 1. The van der Waals surface area contributed by atoms with E-state index in [-0.39, 0.29) is 18.4 Å². The summed E-state index contributed by atoms with van der Waals surface area (Å²) in [5.74, 6) is 1.29. The van der Waals surface area contributed by atoms with Crippen LogP contribution in [0.5, 0.6) is 17.2 Å². The van der Waals surface area contributed by atoms with Gasteiger partial charge >= 0.3 is 0 Å². The SMILES string of the molecule is COc1c(C)c(C)c2c(c1C)CCC(C)(C(=O)N(c1ccccc1)C(C(=O)NC(C)(C)C)c1cccc(OCCCCO[N+](=O)[O-])c1)O2. The minimum Gasteiger partial charge on any atom is -0.496 e. The number of carbonyl (C=O) groups excluding carboxylic acids is 2. The molecule has 4 rings (SSSR count). The molecule has 1 aliphatic rings. The number of ether oxygens (including phenoxy) is 3. The van der Waals surface area contributed by atoms with Gasteiger partial charge in [0.15, 0.2) is 5.60 Å². The van der Waals surface area contributed by atoms with Crippen molar-refractivity contribution in [3.05, 3.63) is 92.5 Å². The van der Waals surface area contributed by atoms with Gasteiger partial charge in [-0.2, -0.15) is 0 Å². The van der Waals surface area contributed by atoms with Gasteiger partial charge in [-0.15, -0.1) is 10.1 Å². The van der Waals surface area contributed by atoms with E-state index < -0.39 is 22.3 Å². The molecule has 0 radical (unpaired) electrons. The summed E-state index contributed by atoms with van der Waals surface area (Å²) in [6.07, 6.45) is 1.96. The molecule has 0 aliphatic carbocycles. The molecule has 0 saturated heterocycles. The van der Waals surface area contributed by atoms with Crippen LogP contribution >= 0.6 is 0 Å². The molecule has 0 fully saturated rings. The van der Waals surface area contributed by atoms with Crippen LogP contribution < -0.4 is 24.4 Å². The smallest absolute Gasteiger partial charge is 0.294 e. The van der Waals surface area contributed by atoms with Gasteiger partial charge in [-0.3, -0.25) is 14.5 Å². The van der Waals surface area contributed by atoms with Crippen LogP contribution in [0.4, 0.5) is 5.69 Å². The highest BCUT2D eigenvalue weighted by Gasteiger charge is 2.47. The van der Waals surface area contributed by atoms with Crippen molar-refractivity contribution < 1.29 is 33.7 Å². The number of rotatable bonds is 13. The number of methoxy groups -OCH3 is 1. The second-order valence-electron chi connectivity index (χ2n) is 13.4. The summed E-state index contributed by atoms with van der Waals surface area (Å²) in [4.78, 5) is 45.7. The normalized spacial score (nSPS) is 16.2. The summed E-state index contributed by atoms with van der Waals surface area (Å²) in [5.41, 5.74) is 3.10. The maximum atomic E-state index is 15.0. The number of nitrogens with one attached hydrogen (secondary N) is 1. The standard InChI is InChI=1S/C37H47N3O8/c1-24-25(2)33-30(26(3)32(24)45-8)19-20-37(7,48-33)35(42)39(28-16-10-9-11-17-28)31(34(41)38-36(4,5)6)27-15-14-18-29(23-27)46-21-12-13-22-47-40(43)44/h9-11,14-18,23,31H,12-13,19-22H2,1-8H3,(H,38,41). The molecule has 3 aromatic rings. The topological polar surface area (TPSA) is 129 Å². The van der Waals surface area contributed by atoms with E-state index >= 15 is 4.79 Å². The van der Waals surface area contributed by atoms with Gasteiger partial charge in [0, 0.05) is 23.2 Å². The third-order valence-corrected chi connectivity index (χ3v) is 8.58. The van der Waals surface area contributed by atoms with Crippen LogP contribution in [0.25, 0.3) is 0 Å². The molecule has 1 N–H and O–H groups in total. The van der Waals surface area contributed by atoms with Gasteiger partial charge in [-0.05, 0) is 114 Å². The van der Waals surface area contributed by atoms with Crippen molar-refractivity contribution in [2.75, 3.05) is 25.2 Å². The van der Waals surface area contributed by atoms with Crippen LogP contribution in [0.1, 0.15) is 80.8 Å². The number of carbonyl (C=O) groups is 2. The van der Waals surface area contributed by atoms with E-state index in [2.05, 4.69) is 10.2 Å². The third kappa shape index (κ3) is 8.18. The number of benzene rings is 3. The predicted octanol–water partition coefficient (Wildman–Crippen LogP) is 6.76. The first-order valence-corrected chi connectivity index (χ1v) is 16.2. The Morgan fingerprint density at radius 3 is 2.35 bits per heavy atom. The lowest BCUT2D eigenvalue weighted by molar-refractivity contribution is -0.757. The predicted molar refractivity (Wildman–Crippen MR) is 183 cm³/mol. The Kier molecular flexibility index (Phi) is 11.2. The fourth-order valence-corrected chi connectivity index (χ4v) is 6.08. The first kappa shape index (κ1) is 36.0. The van der Waals surface area contributed by atoms with Crippen LogP contribution in [-0.2, 0) is 20.8 Å². The van der Waals surface area contributed by atoms with Gasteiger partial charge in [-0.25, -0.2) is 0 Å². The minimum atomic E-state index is -1.29. The van der Waals surface area contributed by atoms with E-state index in [9.17, 15) is 14.9 Å². The molecule has 0 saturated carbocycles. The fourth-order valence-electron chi connectivity index (χ4n) is 6.08. The van der Waals surface area contributed by atoms with Gasteiger partial charge in [-0.1, -0.05) is 30.3 Å². The molecule has 2 amide bonds. The van der Waals surface area contributed by atoms with Crippen molar-refractivity contribution in [3.8, 4) is 17.2 Å². The van der Waals surface area contributed by atoms with Gasteiger partial charge in [0.1, 0.15) is 23.3 Å². The summed E-state index contributed by atoms with van der Waals surface area (Å²) >= 11 is 0.